The molecule has 0 bridgehead atoms. The minimum absolute atomic E-state index is 0.0960. The summed E-state index contributed by atoms with van der Waals surface area (Å²) in [5.74, 6) is -0.226. The standard InChI is InChI=1S/C25H26N2O2/c1-18-12-14-20(15-13-18)17-26-25(29)22-10-6-7-11-23(22)27-24(28)16-19(2)21-8-4-3-5-9-21/h3-15,19H,16-17H2,1-2H3,(H,26,29)(H,27,28). The average molecular weight is 386 g/mol. The Bertz CT molecular complexity index is 966. The van der Waals surface area contributed by atoms with Crippen molar-refractivity contribution in [2.24, 2.45) is 0 Å². The van der Waals surface area contributed by atoms with Crippen LogP contribution in [0.5, 0.6) is 0 Å². The minimum Gasteiger partial charge on any atom is -0.348 e. The van der Waals surface area contributed by atoms with E-state index in [9.17, 15) is 9.59 Å². The molecule has 0 spiro atoms. The van der Waals surface area contributed by atoms with Crippen LogP contribution in [0.4, 0.5) is 5.69 Å². The smallest absolute Gasteiger partial charge is 0.253 e. The van der Waals surface area contributed by atoms with Crippen LogP contribution in [0, 0.1) is 6.92 Å². The van der Waals surface area contributed by atoms with Gasteiger partial charge in [0.1, 0.15) is 0 Å². The summed E-state index contributed by atoms with van der Waals surface area (Å²) in [5.41, 5.74) is 4.31. The van der Waals surface area contributed by atoms with Gasteiger partial charge in [0.2, 0.25) is 5.91 Å². The van der Waals surface area contributed by atoms with E-state index in [1.54, 1.807) is 18.2 Å². The second kappa shape index (κ2) is 9.69. The van der Waals surface area contributed by atoms with Gasteiger partial charge >= 0.3 is 0 Å². The Morgan fingerprint density at radius 2 is 1.52 bits per heavy atom. The number of aryl methyl sites for hydroxylation is 1. The summed E-state index contributed by atoms with van der Waals surface area (Å²) in [6.45, 7) is 4.49. The molecule has 0 radical (unpaired) electrons. The fourth-order valence-corrected chi connectivity index (χ4v) is 3.15. The van der Waals surface area contributed by atoms with Gasteiger partial charge < -0.3 is 10.6 Å². The zero-order valence-corrected chi connectivity index (χ0v) is 16.8. The predicted octanol–water partition coefficient (Wildman–Crippen LogP) is 5.06. The number of benzene rings is 3. The average Bonchev–Trinajstić information content (AvgIpc) is 2.74. The quantitative estimate of drug-likeness (QED) is 0.596. The van der Waals surface area contributed by atoms with Crippen molar-refractivity contribution >= 4 is 17.5 Å². The van der Waals surface area contributed by atoms with E-state index in [1.165, 1.54) is 5.56 Å². The number of para-hydroxylation sites is 1. The fourth-order valence-electron chi connectivity index (χ4n) is 3.15. The summed E-state index contributed by atoms with van der Waals surface area (Å²) in [4.78, 5) is 25.2. The number of rotatable bonds is 7. The van der Waals surface area contributed by atoms with Crippen LogP contribution in [0.2, 0.25) is 0 Å². The molecule has 0 aliphatic heterocycles. The SMILES string of the molecule is Cc1ccc(CNC(=O)c2ccccc2NC(=O)CC(C)c2ccccc2)cc1. The Hall–Kier alpha value is -3.40. The van der Waals surface area contributed by atoms with Crippen LogP contribution in [-0.4, -0.2) is 11.8 Å². The van der Waals surface area contributed by atoms with Gasteiger partial charge in [-0.1, -0.05) is 79.2 Å². The Balaban J connectivity index is 1.62. The second-order valence-corrected chi connectivity index (χ2v) is 7.28. The largest absolute Gasteiger partial charge is 0.348 e. The Morgan fingerprint density at radius 1 is 0.862 bits per heavy atom. The van der Waals surface area contributed by atoms with E-state index in [0.29, 0.717) is 24.2 Å². The molecule has 1 unspecified atom stereocenters. The number of anilines is 1. The van der Waals surface area contributed by atoms with Crippen LogP contribution in [0.3, 0.4) is 0 Å². The van der Waals surface area contributed by atoms with Crippen molar-refractivity contribution < 1.29 is 9.59 Å². The third kappa shape index (κ3) is 5.79. The van der Waals surface area contributed by atoms with Gasteiger partial charge in [-0.15, -0.1) is 0 Å². The number of nitrogens with one attached hydrogen (secondary N) is 2. The van der Waals surface area contributed by atoms with Gasteiger partial charge in [-0.05, 0) is 36.1 Å². The molecule has 0 heterocycles. The third-order valence-corrected chi connectivity index (χ3v) is 4.88. The van der Waals surface area contributed by atoms with Gasteiger partial charge in [0.25, 0.3) is 5.91 Å². The van der Waals surface area contributed by atoms with Gasteiger partial charge in [0, 0.05) is 13.0 Å². The first kappa shape index (κ1) is 20.3. The van der Waals surface area contributed by atoms with E-state index < -0.39 is 0 Å². The molecule has 0 aliphatic carbocycles. The zero-order chi connectivity index (χ0) is 20.6. The molecule has 0 aliphatic rings. The monoisotopic (exact) mass is 386 g/mol. The maximum absolute atomic E-state index is 12.7. The molecule has 1 atom stereocenters. The van der Waals surface area contributed by atoms with E-state index in [1.807, 2.05) is 74.5 Å². The number of amides is 2. The van der Waals surface area contributed by atoms with Crippen molar-refractivity contribution in [3.05, 3.63) is 101 Å². The van der Waals surface area contributed by atoms with Crippen molar-refractivity contribution in [1.29, 1.82) is 0 Å². The molecule has 3 rings (SSSR count). The summed E-state index contributed by atoms with van der Waals surface area (Å²) in [6.07, 6.45) is 0.351. The molecule has 29 heavy (non-hydrogen) atoms. The Kier molecular flexibility index (Phi) is 6.80. The van der Waals surface area contributed by atoms with Gasteiger partial charge in [-0.2, -0.15) is 0 Å². The molecule has 0 aromatic heterocycles. The van der Waals surface area contributed by atoms with Crippen LogP contribution in [-0.2, 0) is 11.3 Å². The highest BCUT2D eigenvalue weighted by molar-refractivity contribution is 6.03. The zero-order valence-electron chi connectivity index (χ0n) is 16.8. The number of hydrogen-bond acceptors (Lipinski definition) is 2. The molecule has 3 aromatic rings. The van der Waals surface area contributed by atoms with Gasteiger partial charge in [-0.25, -0.2) is 0 Å². The van der Waals surface area contributed by atoms with Crippen molar-refractivity contribution in [3.63, 3.8) is 0 Å². The van der Waals surface area contributed by atoms with Gasteiger partial charge in [-0.3, -0.25) is 9.59 Å². The van der Waals surface area contributed by atoms with Crippen LogP contribution in [0.25, 0.3) is 0 Å². The maximum atomic E-state index is 12.7. The Labute approximate surface area is 172 Å². The highest BCUT2D eigenvalue weighted by Gasteiger charge is 2.15. The lowest BCUT2D eigenvalue weighted by molar-refractivity contribution is -0.116. The van der Waals surface area contributed by atoms with Crippen molar-refractivity contribution in [3.8, 4) is 0 Å². The molecule has 2 amide bonds. The molecule has 148 valence electrons. The van der Waals surface area contributed by atoms with Crippen molar-refractivity contribution in [2.45, 2.75) is 32.7 Å². The molecule has 2 N–H and O–H groups in total. The molecule has 0 saturated heterocycles. The molecule has 4 nitrogen and oxygen atoms in total. The van der Waals surface area contributed by atoms with Gasteiger partial charge in [0.05, 0.1) is 11.3 Å². The predicted molar refractivity (Wildman–Crippen MR) is 117 cm³/mol. The molecule has 0 saturated carbocycles. The lowest BCUT2D eigenvalue weighted by Crippen LogP contribution is -2.25. The maximum Gasteiger partial charge on any atom is 0.253 e. The fraction of sp³-hybridized carbons (Fsp3) is 0.200. The topological polar surface area (TPSA) is 58.2 Å². The van der Waals surface area contributed by atoms with E-state index >= 15 is 0 Å². The highest BCUT2D eigenvalue weighted by Crippen LogP contribution is 2.21. The molecular weight excluding hydrogens is 360 g/mol. The lowest BCUT2D eigenvalue weighted by Gasteiger charge is -2.14. The molecular formula is C25H26N2O2. The van der Waals surface area contributed by atoms with Crippen LogP contribution in [0.15, 0.2) is 78.9 Å². The summed E-state index contributed by atoms with van der Waals surface area (Å²) in [5, 5.41) is 5.82. The first-order valence-corrected chi connectivity index (χ1v) is 9.80. The van der Waals surface area contributed by atoms with Crippen molar-refractivity contribution in [1.82, 2.24) is 5.32 Å². The summed E-state index contributed by atoms with van der Waals surface area (Å²) in [6, 6.07) is 25.0. The highest BCUT2D eigenvalue weighted by atomic mass is 16.2. The first-order chi connectivity index (χ1) is 14.0. The molecule has 0 fully saturated rings. The van der Waals surface area contributed by atoms with Crippen molar-refractivity contribution in [2.75, 3.05) is 5.32 Å². The van der Waals surface area contributed by atoms with E-state index in [-0.39, 0.29) is 17.7 Å². The van der Waals surface area contributed by atoms with E-state index in [0.717, 1.165) is 11.1 Å². The van der Waals surface area contributed by atoms with Gasteiger partial charge in [0.15, 0.2) is 0 Å². The lowest BCUT2D eigenvalue weighted by atomic mass is 9.97. The summed E-state index contributed by atoms with van der Waals surface area (Å²) >= 11 is 0. The second-order valence-electron chi connectivity index (χ2n) is 7.28. The number of carbonyl (C=O) groups is 2. The summed E-state index contributed by atoms with van der Waals surface area (Å²) in [7, 11) is 0. The number of hydrogen-bond donors (Lipinski definition) is 2. The van der Waals surface area contributed by atoms with Crippen LogP contribution >= 0.6 is 0 Å². The normalized spacial score (nSPS) is 11.5. The third-order valence-electron chi connectivity index (χ3n) is 4.88. The van der Waals surface area contributed by atoms with Crippen LogP contribution in [0.1, 0.15) is 46.3 Å². The van der Waals surface area contributed by atoms with Crippen LogP contribution < -0.4 is 10.6 Å². The van der Waals surface area contributed by atoms with E-state index in [4.69, 9.17) is 0 Å². The first-order valence-electron chi connectivity index (χ1n) is 9.80. The summed E-state index contributed by atoms with van der Waals surface area (Å²) < 4.78 is 0. The number of carbonyl (C=O) groups excluding carboxylic acids is 2. The Morgan fingerprint density at radius 3 is 2.24 bits per heavy atom. The molecule has 3 aromatic carbocycles. The molecule has 4 heteroatoms. The van der Waals surface area contributed by atoms with E-state index in [2.05, 4.69) is 10.6 Å². The minimum atomic E-state index is -0.211.